The van der Waals surface area contributed by atoms with Crippen LogP contribution in [0.2, 0.25) is 0 Å². The van der Waals surface area contributed by atoms with Crippen molar-refractivity contribution >= 4 is 39.7 Å². The van der Waals surface area contributed by atoms with E-state index in [1.165, 1.54) is 17.5 Å². The number of rotatable bonds is 7. The lowest BCUT2D eigenvalue weighted by molar-refractivity contribution is 0.1000. The quantitative estimate of drug-likeness (QED) is 0.372. The fourth-order valence-corrected chi connectivity index (χ4v) is 4.13. The van der Waals surface area contributed by atoms with E-state index in [9.17, 15) is 4.79 Å². The summed E-state index contributed by atoms with van der Waals surface area (Å²) in [6, 6.07) is 5.60. The second kappa shape index (κ2) is 9.06. The molecule has 1 amide bonds. The van der Waals surface area contributed by atoms with Gasteiger partial charge in [-0.05, 0) is 12.1 Å². The van der Waals surface area contributed by atoms with Gasteiger partial charge >= 0.3 is 0 Å². The zero-order chi connectivity index (χ0) is 21.8. The minimum atomic E-state index is -0.540. The van der Waals surface area contributed by atoms with Gasteiger partial charge in [0, 0.05) is 55.2 Å². The third-order valence-corrected chi connectivity index (χ3v) is 5.81. The van der Waals surface area contributed by atoms with Crippen LogP contribution >= 0.6 is 11.3 Å². The molecule has 1 aliphatic heterocycles. The minimum absolute atomic E-state index is 0.00674. The molecule has 0 saturated carbocycles. The Morgan fingerprint density at radius 1 is 1.19 bits per heavy atom. The lowest BCUT2D eigenvalue weighted by Crippen LogP contribution is -2.36. The topological polar surface area (TPSA) is 147 Å². The minimum Gasteiger partial charge on any atom is -0.386 e. The molecule has 0 spiro atoms. The van der Waals surface area contributed by atoms with Gasteiger partial charge in [0.15, 0.2) is 5.13 Å². The van der Waals surface area contributed by atoms with Gasteiger partial charge in [-0.1, -0.05) is 11.3 Å². The number of thiazole rings is 1. The van der Waals surface area contributed by atoms with Crippen molar-refractivity contribution in [2.45, 2.75) is 0 Å². The first-order chi connectivity index (χ1) is 15.0. The van der Waals surface area contributed by atoms with Gasteiger partial charge in [0.1, 0.15) is 11.7 Å². The zero-order valence-corrected chi connectivity index (χ0v) is 17.5. The van der Waals surface area contributed by atoms with E-state index in [1.54, 1.807) is 29.6 Å². The van der Waals surface area contributed by atoms with Gasteiger partial charge in [-0.15, -0.1) is 0 Å². The van der Waals surface area contributed by atoms with Crippen molar-refractivity contribution in [3.05, 3.63) is 48.5 Å². The van der Waals surface area contributed by atoms with Gasteiger partial charge in [-0.2, -0.15) is 0 Å². The summed E-state index contributed by atoms with van der Waals surface area (Å²) >= 11 is 1.39. The van der Waals surface area contributed by atoms with Crippen molar-refractivity contribution in [2.24, 2.45) is 11.5 Å². The Bertz CT molecular complexity index is 1100. The van der Waals surface area contributed by atoms with Crippen molar-refractivity contribution in [1.82, 2.24) is 15.0 Å². The molecule has 31 heavy (non-hydrogen) atoms. The van der Waals surface area contributed by atoms with Crippen LogP contribution in [0.4, 0.5) is 16.6 Å². The van der Waals surface area contributed by atoms with Crippen molar-refractivity contribution in [2.75, 3.05) is 42.6 Å². The fourth-order valence-electron chi connectivity index (χ4n) is 3.22. The maximum Gasteiger partial charge on any atom is 0.250 e. The van der Waals surface area contributed by atoms with Crippen molar-refractivity contribution in [3.8, 4) is 10.4 Å². The number of morpholine rings is 1. The number of anilines is 3. The first kappa shape index (κ1) is 20.7. The Labute approximate surface area is 183 Å². The Morgan fingerprint density at radius 3 is 2.74 bits per heavy atom. The Hall–Kier alpha value is -3.57. The Kier molecular flexibility index (Phi) is 6.05. The number of pyridine rings is 2. The number of amides is 1. The van der Waals surface area contributed by atoms with E-state index < -0.39 is 5.91 Å². The van der Waals surface area contributed by atoms with E-state index in [1.807, 2.05) is 12.1 Å². The van der Waals surface area contributed by atoms with Crippen LogP contribution in [-0.4, -0.2) is 59.5 Å². The predicted octanol–water partition coefficient (Wildman–Crippen LogP) is 1.61. The monoisotopic (exact) mass is 438 g/mol. The molecule has 160 valence electrons. The van der Waals surface area contributed by atoms with Crippen LogP contribution in [0.3, 0.4) is 0 Å². The molecule has 3 aromatic rings. The molecule has 0 atom stereocenters. The average molecular weight is 439 g/mol. The highest BCUT2D eigenvalue weighted by Gasteiger charge is 2.19. The van der Waals surface area contributed by atoms with Crippen molar-refractivity contribution < 1.29 is 9.53 Å². The van der Waals surface area contributed by atoms with Gasteiger partial charge < -0.3 is 21.1 Å². The lowest BCUT2D eigenvalue weighted by Gasteiger charge is -2.29. The van der Waals surface area contributed by atoms with E-state index in [2.05, 4.69) is 19.9 Å². The number of hydrogen-bond acceptors (Lipinski definition) is 9. The van der Waals surface area contributed by atoms with Crippen molar-refractivity contribution in [3.63, 3.8) is 0 Å². The summed E-state index contributed by atoms with van der Waals surface area (Å²) in [6.45, 7) is 3.12. The predicted molar refractivity (Wildman–Crippen MR) is 120 cm³/mol. The number of ether oxygens (including phenoxy) is 1. The molecule has 4 heterocycles. The highest BCUT2D eigenvalue weighted by molar-refractivity contribution is 7.19. The van der Waals surface area contributed by atoms with Crippen LogP contribution in [0, 0.1) is 5.41 Å². The largest absolute Gasteiger partial charge is 0.386 e. The number of carbonyl (C=O) groups excluding carboxylic acids is 1. The summed E-state index contributed by atoms with van der Waals surface area (Å²) in [5.41, 5.74) is 13.2. The molecule has 0 bridgehead atoms. The van der Waals surface area contributed by atoms with E-state index in [0.29, 0.717) is 29.7 Å². The number of amidine groups is 1. The molecule has 3 aromatic heterocycles. The number of hydrogen-bond donors (Lipinski definition) is 3. The first-order valence-electron chi connectivity index (χ1n) is 9.61. The summed E-state index contributed by atoms with van der Waals surface area (Å²) in [5, 5.41) is 8.44. The third kappa shape index (κ3) is 4.78. The summed E-state index contributed by atoms with van der Waals surface area (Å²) < 4.78 is 5.43. The van der Waals surface area contributed by atoms with Gasteiger partial charge in [-0.25, -0.2) is 9.97 Å². The molecule has 11 heteroatoms. The van der Waals surface area contributed by atoms with Crippen LogP contribution < -0.4 is 21.3 Å². The fraction of sp³-hybridized carbons (Fsp3) is 0.250. The molecule has 10 nitrogen and oxygen atoms in total. The van der Waals surface area contributed by atoms with Crippen LogP contribution in [0.5, 0.6) is 0 Å². The average Bonchev–Trinajstić information content (AvgIpc) is 3.28. The smallest absolute Gasteiger partial charge is 0.250 e. The number of nitrogens with two attached hydrogens (primary N) is 2. The van der Waals surface area contributed by atoms with E-state index >= 15 is 0 Å². The van der Waals surface area contributed by atoms with Gasteiger partial charge in [0.2, 0.25) is 5.91 Å². The highest BCUT2D eigenvalue weighted by Crippen LogP contribution is 2.35. The first-order valence-corrected chi connectivity index (χ1v) is 10.4. The number of nitrogens with zero attached hydrogens (tertiary/aromatic N) is 5. The maximum absolute atomic E-state index is 11.5. The second-order valence-electron chi connectivity index (χ2n) is 6.92. The second-order valence-corrected chi connectivity index (χ2v) is 7.93. The van der Waals surface area contributed by atoms with E-state index in [4.69, 9.17) is 21.6 Å². The van der Waals surface area contributed by atoms with Crippen LogP contribution in [-0.2, 0) is 4.74 Å². The molecule has 0 aliphatic carbocycles. The molecule has 1 aliphatic rings. The maximum atomic E-state index is 11.5. The molecule has 0 aromatic carbocycles. The molecule has 0 unspecified atom stereocenters. The summed E-state index contributed by atoms with van der Waals surface area (Å²) in [4.78, 5) is 29.4. The number of nitrogens with one attached hydrogen (secondary N) is 1. The van der Waals surface area contributed by atoms with Gasteiger partial charge in [0.05, 0.1) is 30.2 Å². The Balaban J connectivity index is 1.66. The van der Waals surface area contributed by atoms with Gasteiger partial charge in [0.25, 0.3) is 0 Å². The molecular formula is C20H22N8O2S. The summed E-state index contributed by atoms with van der Waals surface area (Å²) in [5.74, 6) is 0.0956. The normalized spacial score (nSPS) is 13.7. The molecule has 0 radical (unpaired) electrons. The highest BCUT2D eigenvalue weighted by atomic mass is 32.1. The van der Waals surface area contributed by atoms with Crippen LogP contribution in [0.1, 0.15) is 10.4 Å². The molecular weight excluding hydrogens is 416 g/mol. The molecule has 1 fully saturated rings. The van der Waals surface area contributed by atoms with Gasteiger partial charge in [-0.3, -0.25) is 20.1 Å². The standard InChI is InChI=1S/C20H22N8O2S/c21-17(22)12-28(18-8-15(1-2-25-18)27-3-5-30-6-4-27)20-26-11-16(31-20)13-7-14(19(23)29)10-24-9-13/h1-2,7-11H,3-6,12H2,(H3,21,22)(H2,23,29). The Morgan fingerprint density at radius 2 is 2.00 bits per heavy atom. The number of carbonyl (C=O) groups is 1. The lowest BCUT2D eigenvalue weighted by atomic mass is 10.2. The molecule has 4 rings (SSSR count). The summed E-state index contributed by atoms with van der Waals surface area (Å²) in [7, 11) is 0. The molecule has 5 N–H and O–H groups in total. The zero-order valence-electron chi connectivity index (χ0n) is 16.7. The van der Waals surface area contributed by atoms with E-state index in [0.717, 1.165) is 29.2 Å². The number of primary amides is 1. The SMILES string of the molecule is N=C(N)CN(c1cc(N2CCOCC2)ccn1)c1ncc(-c2cncc(C(N)=O)c2)s1. The van der Waals surface area contributed by atoms with Crippen LogP contribution in [0.15, 0.2) is 43.0 Å². The third-order valence-electron chi connectivity index (χ3n) is 4.74. The molecule has 1 saturated heterocycles. The van der Waals surface area contributed by atoms with E-state index in [-0.39, 0.29) is 12.4 Å². The number of aromatic nitrogens is 3. The summed E-state index contributed by atoms with van der Waals surface area (Å²) in [6.07, 6.45) is 6.51. The van der Waals surface area contributed by atoms with Crippen molar-refractivity contribution in [1.29, 1.82) is 5.41 Å². The van der Waals surface area contributed by atoms with Crippen LogP contribution in [0.25, 0.3) is 10.4 Å².